The van der Waals surface area contributed by atoms with Gasteiger partial charge in [-0.1, -0.05) is 0 Å². The van der Waals surface area contributed by atoms with Crippen molar-refractivity contribution in [2.45, 2.75) is 19.1 Å². The Morgan fingerprint density at radius 3 is 2.78 bits per heavy atom. The van der Waals surface area contributed by atoms with Crippen LogP contribution in [-0.4, -0.2) is 32.0 Å². The quantitative estimate of drug-likeness (QED) is 0.574. The average Bonchev–Trinajstić information content (AvgIpc) is 1.60. The molecule has 1 saturated heterocycles. The van der Waals surface area contributed by atoms with Crippen molar-refractivity contribution in [3.8, 4) is 0 Å². The molecule has 0 amide bonds. The summed E-state index contributed by atoms with van der Waals surface area (Å²) in [6.07, 6.45) is 0.316. The predicted octanol–water partition coefficient (Wildman–Crippen LogP) is -0.251. The maximum absolute atomic E-state index is 5.45. The van der Waals surface area contributed by atoms with Crippen LogP contribution in [0.3, 0.4) is 0 Å². The van der Waals surface area contributed by atoms with E-state index in [0.29, 0.717) is 12.7 Å². The number of rotatable bonds is 3. The van der Waals surface area contributed by atoms with E-state index in [1.807, 2.05) is 6.92 Å². The van der Waals surface area contributed by atoms with E-state index >= 15 is 0 Å². The van der Waals surface area contributed by atoms with Crippen molar-refractivity contribution < 1.29 is 9.47 Å². The van der Waals surface area contributed by atoms with Gasteiger partial charge in [0.2, 0.25) is 0 Å². The van der Waals surface area contributed by atoms with Gasteiger partial charge in [-0.3, -0.25) is 0 Å². The number of nitrogens with two attached hydrogens (primary N) is 1. The summed E-state index contributed by atoms with van der Waals surface area (Å²) in [6, 6.07) is 0.144. The van der Waals surface area contributed by atoms with Gasteiger partial charge in [0.25, 0.3) is 0 Å². The highest BCUT2D eigenvalue weighted by Crippen LogP contribution is 2.04. The summed E-state index contributed by atoms with van der Waals surface area (Å²) >= 11 is 0. The Kier molecular flexibility index (Phi) is 2.45. The van der Waals surface area contributed by atoms with Crippen LogP contribution in [0.25, 0.3) is 0 Å². The first-order chi connectivity index (χ1) is 4.29. The minimum absolute atomic E-state index is 0.144. The summed E-state index contributed by atoms with van der Waals surface area (Å²) in [5.41, 5.74) is 5.45. The van der Waals surface area contributed by atoms with Crippen molar-refractivity contribution >= 4 is 0 Å². The first-order valence-corrected chi connectivity index (χ1v) is 3.24. The lowest BCUT2D eigenvalue weighted by molar-refractivity contribution is -0.131. The molecule has 0 aliphatic carbocycles. The van der Waals surface area contributed by atoms with E-state index < -0.39 is 0 Å². The van der Waals surface area contributed by atoms with Crippen molar-refractivity contribution in [3.05, 3.63) is 0 Å². The van der Waals surface area contributed by atoms with E-state index in [9.17, 15) is 0 Å². The Labute approximate surface area is 55.1 Å². The summed E-state index contributed by atoms with van der Waals surface area (Å²) in [4.78, 5) is 0. The lowest BCUT2D eigenvalue weighted by atomic mass is 10.3. The second-order valence-electron chi connectivity index (χ2n) is 2.47. The van der Waals surface area contributed by atoms with Gasteiger partial charge in [-0.05, 0) is 6.92 Å². The molecule has 9 heavy (non-hydrogen) atoms. The molecule has 54 valence electrons. The van der Waals surface area contributed by atoms with Gasteiger partial charge in [-0.15, -0.1) is 0 Å². The fourth-order valence-electron chi connectivity index (χ4n) is 0.598. The third kappa shape index (κ3) is 2.30. The molecule has 3 nitrogen and oxygen atoms in total. The van der Waals surface area contributed by atoms with E-state index in [4.69, 9.17) is 15.2 Å². The molecule has 2 N–H and O–H groups in total. The topological polar surface area (TPSA) is 44.5 Å². The van der Waals surface area contributed by atoms with Crippen LogP contribution in [0.4, 0.5) is 0 Å². The van der Waals surface area contributed by atoms with Crippen LogP contribution in [0.15, 0.2) is 0 Å². The lowest BCUT2D eigenvalue weighted by Crippen LogP contribution is -2.38. The van der Waals surface area contributed by atoms with Gasteiger partial charge in [0.15, 0.2) is 0 Å². The summed E-state index contributed by atoms with van der Waals surface area (Å²) in [5.74, 6) is 0. The molecule has 1 aliphatic heterocycles. The van der Waals surface area contributed by atoms with Crippen LogP contribution in [0.5, 0.6) is 0 Å². The van der Waals surface area contributed by atoms with Crippen LogP contribution in [-0.2, 0) is 9.47 Å². The average molecular weight is 131 g/mol. The zero-order chi connectivity index (χ0) is 6.69. The van der Waals surface area contributed by atoms with Crippen molar-refractivity contribution in [1.29, 1.82) is 0 Å². The molecule has 0 aromatic rings. The van der Waals surface area contributed by atoms with Gasteiger partial charge in [0.05, 0.1) is 19.8 Å². The van der Waals surface area contributed by atoms with Gasteiger partial charge in [0.1, 0.15) is 6.10 Å². The molecular weight excluding hydrogens is 118 g/mol. The van der Waals surface area contributed by atoms with Crippen LogP contribution in [0.1, 0.15) is 6.92 Å². The van der Waals surface area contributed by atoms with E-state index in [0.717, 1.165) is 13.2 Å². The van der Waals surface area contributed by atoms with Crippen molar-refractivity contribution in [2.24, 2.45) is 5.73 Å². The third-order valence-corrected chi connectivity index (χ3v) is 1.20. The fraction of sp³-hybridized carbons (Fsp3) is 1.00. The fourth-order valence-corrected chi connectivity index (χ4v) is 0.598. The number of hydrogen-bond donors (Lipinski definition) is 1. The van der Waals surface area contributed by atoms with E-state index in [-0.39, 0.29) is 6.04 Å². The maximum Gasteiger partial charge on any atom is 0.104 e. The van der Waals surface area contributed by atoms with Gasteiger partial charge < -0.3 is 15.2 Å². The normalized spacial score (nSPS) is 23.3. The summed E-state index contributed by atoms with van der Waals surface area (Å²) in [5, 5.41) is 0. The maximum atomic E-state index is 5.45. The Morgan fingerprint density at radius 1 is 1.78 bits per heavy atom. The van der Waals surface area contributed by atoms with Crippen LogP contribution in [0.2, 0.25) is 0 Å². The number of hydrogen-bond acceptors (Lipinski definition) is 3. The van der Waals surface area contributed by atoms with Gasteiger partial charge in [-0.2, -0.15) is 0 Å². The molecular formula is C6H13NO2. The highest BCUT2D eigenvalue weighted by atomic mass is 16.6. The number of ether oxygens (including phenoxy) is 2. The van der Waals surface area contributed by atoms with Crippen molar-refractivity contribution in [3.63, 3.8) is 0 Å². The summed E-state index contributed by atoms with van der Waals surface area (Å²) in [7, 11) is 0. The molecule has 0 radical (unpaired) electrons. The molecule has 0 spiro atoms. The van der Waals surface area contributed by atoms with Crippen LogP contribution in [0, 0.1) is 0 Å². The molecule has 1 aliphatic rings. The van der Waals surface area contributed by atoms with E-state index in [1.54, 1.807) is 0 Å². The van der Waals surface area contributed by atoms with Crippen molar-refractivity contribution in [2.75, 3.05) is 19.8 Å². The summed E-state index contributed by atoms with van der Waals surface area (Å²) < 4.78 is 10.2. The van der Waals surface area contributed by atoms with Crippen LogP contribution < -0.4 is 5.73 Å². The minimum Gasteiger partial charge on any atom is -0.376 e. The highest BCUT2D eigenvalue weighted by Gasteiger charge is 2.18. The standard InChI is InChI=1S/C6H13NO2/c1-5(7)2-9-6-3-8-4-6/h5-6H,2-4,7H2,1H3/t5-/m1/s1. The van der Waals surface area contributed by atoms with E-state index in [2.05, 4.69) is 0 Å². The molecule has 3 heteroatoms. The zero-order valence-electron chi connectivity index (χ0n) is 5.67. The molecule has 0 unspecified atom stereocenters. The largest absolute Gasteiger partial charge is 0.376 e. The predicted molar refractivity (Wildman–Crippen MR) is 34.2 cm³/mol. The Hall–Kier alpha value is -0.120. The van der Waals surface area contributed by atoms with Gasteiger partial charge in [0, 0.05) is 6.04 Å². The zero-order valence-corrected chi connectivity index (χ0v) is 5.67. The first kappa shape index (κ1) is 6.99. The molecule has 1 rings (SSSR count). The summed E-state index contributed by atoms with van der Waals surface area (Å²) in [6.45, 7) is 4.06. The molecule has 1 atom stereocenters. The second kappa shape index (κ2) is 3.15. The molecule has 0 aromatic carbocycles. The van der Waals surface area contributed by atoms with Crippen molar-refractivity contribution in [1.82, 2.24) is 0 Å². The lowest BCUT2D eigenvalue weighted by Gasteiger charge is -2.26. The molecule has 0 bridgehead atoms. The molecule has 0 saturated carbocycles. The highest BCUT2D eigenvalue weighted by molar-refractivity contribution is 4.65. The first-order valence-electron chi connectivity index (χ1n) is 3.24. The minimum atomic E-state index is 0.144. The van der Waals surface area contributed by atoms with Gasteiger partial charge >= 0.3 is 0 Å². The SMILES string of the molecule is C[C@@H](N)COC1COC1. The Balaban J connectivity index is 1.91. The van der Waals surface area contributed by atoms with E-state index in [1.165, 1.54) is 0 Å². The molecule has 1 fully saturated rings. The Bertz CT molecular complexity index is 81.1. The van der Waals surface area contributed by atoms with Crippen LogP contribution >= 0.6 is 0 Å². The Morgan fingerprint density at radius 2 is 2.44 bits per heavy atom. The second-order valence-corrected chi connectivity index (χ2v) is 2.47. The smallest absolute Gasteiger partial charge is 0.104 e. The third-order valence-electron chi connectivity index (χ3n) is 1.20. The van der Waals surface area contributed by atoms with Gasteiger partial charge in [-0.25, -0.2) is 0 Å². The monoisotopic (exact) mass is 131 g/mol. The molecule has 1 heterocycles. The molecule has 0 aromatic heterocycles.